The van der Waals surface area contributed by atoms with Gasteiger partial charge in [0.05, 0.1) is 5.02 Å². The average Bonchev–Trinajstić information content (AvgIpc) is 1.80. The van der Waals surface area contributed by atoms with Crippen molar-refractivity contribution in [1.29, 1.82) is 0 Å². The van der Waals surface area contributed by atoms with Crippen LogP contribution in [0.4, 0.5) is 4.39 Å². The molecule has 1 rings (SSSR count). The highest BCUT2D eigenvalue weighted by molar-refractivity contribution is 6.30. The Morgan fingerprint density at radius 3 is 2.78 bits per heavy atom. The van der Waals surface area contributed by atoms with Gasteiger partial charge in [0.2, 0.25) is 0 Å². The van der Waals surface area contributed by atoms with Gasteiger partial charge in [-0.15, -0.1) is 0 Å². The van der Waals surface area contributed by atoms with Crippen LogP contribution in [0.25, 0.3) is 0 Å². The molecule has 0 aliphatic heterocycles. The number of hydrogen-bond donors (Lipinski definition) is 1. The van der Waals surface area contributed by atoms with E-state index in [1.807, 2.05) is 0 Å². The Hall–Kier alpha value is -0.760. The minimum Gasteiger partial charge on any atom is -0.507 e. The summed E-state index contributed by atoms with van der Waals surface area (Å²) in [7, 11) is 0. The first-order chi connectivity index (χ1) is 4.20. The molecule has 1 aromatic rings. The number of hydrogen-bond acceptors (Lipinski definition) is 1. The molecule has 1 aromatic carbocycles. The molecular weight excluding hydrogens is 143 g/mol. The summed E-state index contributed by atoms with van der Waals surface area (Å²) in [5.41, 5.74) is 0. The van der Waals surface area contributed by atoms with Crippen LogP contribution in [-0.4, -0.2) is 5.11 Å². The van der Waals surface area contributed by atoms with Gasteiger partial charge in [-0.1, -0.05) is 11.6 Å². The van der Waals surface area contributed by atoms with Gasteiger partial charge in [0.25, 0.3) is 0 Å². The van der Waals surface area contributed by atoms with Crippen LogP contribution in [-0.2, 0) is 0 Å². The van der Waals surface area contributed by atoms with Gasteiger partial charge in [-0.25, -0.2) is 4.39 Å². The van der Waals surface area contributed by atoms with Crippen LogP contribution in [0.1, 0.15) is 0 Å². The van der Waals surface area contributed by atoms with Crippen molar-refractivity contribution < 1.29 is 9.50 Å². The lowest BCUT2D eigenvalue weighted by Gasteiger charge is -1.91. The summed E-state index contributed by atoms with van der Waals surface area (Å²) in [6.45, 7) is 0. The third kappa shape index (κ3) is 1.33. The highest BCUT2D eigenvalue weighted by Crippen LogP contribution is 2.18. The quantitative estimate of drug-likeness (QED) is 0.592. The van der Waals surface area contributed by atoms with Crippen molar-refractivity contribution in [3.63, 3.8) is 0 Å². The summed E-state index contributed by atoms with van der Waals surface area (Å²) in [6, 6.07) is 4.31. The minimum absolute atomic E-state index is 0.0914. The van der Waals surface area contributed by atoms with Crippen molar-refractivity contribution in [2.24, 2.45) is 0 Å². The van der Waals surface area contributed by atoms with E-state index in [1.54, 1.807) is 0 Å². The molecule has 0 saturated carbocycles. The number of halogens is 2. The zero-order valence-electron chi connectivity index (χ0n) is 4.36. The van der Waals surface area contributed by atoms with Crippen LogP contribution in [0.5, 0.6) is 5.75 Å². The maximum absolute atomic E-state index is 12.2. The molecule has 0 amide bonds. The van der Waals surface area contributed by atoms with E-state index in [2.05, 4.69) is 6.07 Å². The molecule has 1 nitrogen and oxygen atoms in total. The molecule has 0 heterocycles. The Labute approximate surface area is 56.7 Å². The standard InChI is InChI=1S/C6H3ClFO/c7-5-3-4(9)1-2-6(5)8/h2-3,9H. The Balaban J connectivity index is 3.17. The minimum atomic E-state index is -0.575. The Morgan fingerprint density at radius 1 is 1.67 bits per heavy atom. The molecule has 1 N–H and O–H groups in total. The van der Waals surface area contributed by atoms with E-state index >= 15 is 0 Å². The molecule has 0 aliphatic carbocycles. The van der Waals surface area contributed by atoms with Crippen LogP contribution in [0.2, 0.25) is 5.02 Å². The van der Waals surface area contributed by atoms with Gasteiger partial charge in [-0.3, -0.25) is 0 Å². The van der Waals surface area contributed by atoms with Crippen LogP contribution < -0.4 is 0 Å². The predicted octanol–water partition coefficient (Wildman–Crippen LogP) is 1.98. The topological polar surface area (TPSA) is 20.2 Å². The van der Waals surface area contributed by atoms with Gasteiger partial charge < -0.3 is 5.11 Å². The van der Waals surface area contributed by atoms with E-state index in [0.29, 0.717) is 0 Å². The fourth-order valence-corrected chi connectivity index (χ4v) is 0.595. The molecule has 3 heteroatoms. The lowest BCUT2D eigenvalue weighted by molar-refractivity contribution is 0.472. The number of phenols is 1. The SMILES string of the molecule is Oc1[c]cc(F)c(Cl)c1. The highest BCUT2D eigenvalue weighted by atomic mass is 35.5. The second-order valence-electron chi connectivity index (χ2n) is 1.51. The molecule has 0 bridgehead atoms. The van der Waals surface area contributed by atoms with Crippen molar-refractivity contribution in [3.8, 4) is 5.75 Å². The number of aromatic hydroxyl groups is 1. The highest BCUT2D eigenvalue weighted by Gasteiger charge is 1.97. The molecule has 0 fully saturated rings. The van der Waals surface area contributed by atoms with Crippen LogP contribution in [0.3, 0.4) is 0 Å². The van der Waals surface area contributed by atoms with E-state index in [0.717, 1.165) is 12.1 Å². The first kappa shape index (κ1) is 6.36. The van der Waals surface area contributed by atoms with Gasteiger partial charge in [0, 0.05) is 12.1 Å². The maximum Gasteiger partial charge on any atom is 0.142 e. The molecule has 0 aromatic heterocycles. The maximum atomic E-state index is 12.2. The first-order valence-corrected chi connectivity index (χ1v) is 2.63. The summed E-state index contributed by atoms with van der Waals surface area (Å²) < 4.78 is 12.2. The molecule has 0 unspecified atom stereocenters. The fourth-order valence-electron chi connectivity index (χ4n) is 0.437. The number of benzene rings is 1. The largest absolute Gasteiger partial charge is 0.507 e. The van der Waals surface area contributed by atoms with E-state index in [-0.39, 0.29) is 10.8 Å². The third-order valence-electron chi connectivity index (χ3n) is 0.838. The van der Waals surface area contributed by atoms with Gasteiger partial charge in [0.1, 0.15) is 11.6 Å². The molecule has 9 heavy (non-hydrogen) atoms. The second kappa shape index (κ2) is 2.23. The van der Waals surface area contributed by atoms with Crippen molar-refractivity contribution in [2.75, 3.05) is 0 Å². The van der Waals surface area contributed by atoms with E-state index in [9.17, 15) is 4.39 Å². The Bertz CT molecular complexity index is 224. The van der Waals surface area contributed by atoms with Crippen LogP contribution in [0.15, 0.2) is 12.1 Å². The summed E-state index contributed by atoms with van der Waals surface area (Å²) in [5, 5.41) is 8.54. The van der Waals surface area contributed by atoms with Crippen LogP contribution in [0, 0.1) is 11.9 Å². The van der Waals surface area contributed by atoms with Crippen molar-refractivity contribution >= 4 is 11.6 Å². The van der Waals surface area contributed by atoms with Gasteiger partial charge >= 0.3 is 0 Å². The summed E-state index contributed by atoms with van der Waals surface area (Å²) in [6.07, 6.45) is 0. The van der Waals surface area contributed by atoms with Gasteiger partial charge in [-0.05, 0) is 6.07 Å². The zero-order chi connectivity index (χ0) is 6.85. The normalized spacial score (nSPS) is 9.56. The van der Waals surface area contributed by atoms with E-state index in [1.165, 1.54) is 0 Å². The molecular formula is C6H3ClFO. The van der Waals surface area contributed by atoms with Gasteiger partial charge in [-0.2, -0.15) is 0 Å². The number of phenolic OH excluding ortho intramolecular Hbond substituents is 1. The van der Waals surface area contributed by atoms with Crippen molar-refractivity contribution in [2.45, 2.75) is 0 Å². The molecule has 0 saturated heterocycles. The second-order valence-corrected chi connectivity index (χ2v) is 1.92. The fraction of sp³-hybridized carbons (Fsp3) is 0. The summed E-state index contributed by atoms with van der Waals surface area (Å²) >= 11 is 5.26. The molecule has 47 valence electrons. The molecule has 0 aliphatic rings. The first-order valence-electron chi connectivity index (χ1n) is 2.26. The Kier molecular flexibility index (Phi) is 1.58. The monoisotopic (exact) mass is 145 g/mol. The van der Waals surface area contributed by atoms with Crippen LogP contribution >= 0.6 is 11.6 Å². The zero-order valence-corrected chi connectivity index (χ0v) is 5.11. The van der Waals surface area contributed by atoms with Crippen molar-refractivity contribution in [3.05, 3.63) is 29.0 Å². The van der Waals surface area contributed by atoms with Gasteiger partial charge in [0.15, 0.2) is 0 Å². The smallest absolute Gasteiger partial charge is 0.142 e. The predicted molar refractivity (Wildman–Crippen MR) is 31.9 cm³/mol. The molecule has 1 radical (unpaired) electrons. The average molecular weight is 146 g/mol. The number of rotatable bonds is 0. The Morgan fingerprint density at radius 2 is 2.33 bits per heavy atom. The lowest BCUT2D eigenvalue weighted by atomic mass is 10.3. The molecule has 0 spiro atoms. The summed E-state index contributed by atoms with van der Waals surface area (Å²) in [4.78, 5) is 0. The summed E-state index contributed by atoms with van der Waals surface area (Å²) in [5.74, 6) is -0.726. The third-order valence-corrected chi connectivity index (χ3v) is 1.13. The van der Waals surface area contributed by atoms with E-state index < -0.39 is 5.82 Å². The van der Waals surface area contributed by atoms with E-state index in [4.69, 9.17) is 16.7 Å². The van der Waals surface area contributed by atoms with Crippen molar-refractivity contribution in [1.82, 2.24) is 0 Å². The lowest BCUT2D eigenvalue weighted by Crippen LogP contribution is -1.73. The molecule has 0 atom stereocenters.